The first kappa shape index (κ1) is 13.5. The fourth-order valence-corrected chi connectivity index (χ4v) is 2.34. The van der Waals surface area contributed by atoms with E-state index in [2.05, 4.69) is 26.8 Å². The lowest BCUT2D eigenvalue weighted by Crippen LogP contribution is -2.09. The standard InChI is InChI=1S/C18H20O/c1-13(2)12-17-14(3)8-7-11-16(17)18(19)15-9-5-4-6-10-15/h4-11,13H,12H2,1-3H3. The van der Waals surface area contributed by atoms with Crippen LogP contribution in [0.15, 0.2) is 48.5 Å². The lowest BCUT2D eigenvalue weighted by Gasteiger charge is -2.14. The highest BCUT2D eigenvalue weighted by molar-refractivity contribution is 6.10. The minimum absolute atomic E-state index is 0.125. The summed E-state index contributed by atoms with van der Waals surface area (Å²) in [5.41, 5.74) is 4.00. The highest BCUT2D eigenvalue weighted by Crippen LogP contribution is 2.21. The molecular formula is C18H20O. The Labute approximate surface area is 115 Å². The van der Waals surface area contributed by atoms with Gasteiger partial charge in [0.05, 0.1) is 0 Å². The lowest BCUT2D eigenvalue weighted by molar-refractivity contribution is 0.103. The molecule has 0 N–H and O–H groups in total. The van der Waals surface area contributed by atoms with Crippen LogP contribution in [0, 0.1) is 12.8 Å². The van der Waals surface area contributed by atoms with Crippen molar-refractivity contribution in [3.05, 3.63) is 70.8 Å². The quantitative estimate of drug-likeness (QED) is 0.736. The zero-order valence-corrected chi connectivity index (χ0v) is 11.8. The molecule has 0 fully saturated rings. The number of benzene rings is 2. The predicted octanol–water partition coefficient (Wildman–Crippen LogP) is 4.42. The van der Waals surface area contributed by atoms with E-state index in [0.29, 0.717) is 5.92 Å². The van der Waals surface area contributed by atoms with Crippen molar-refractivity contribution in [2.24, 2.45) is 5.92 Å². The van der Waals surface area contributed by atoms with Gasteiger partial charge in [0.15, 0.2) is 5.78 Å². The smallest absolute Gasteiger partial charge is 0.193 e. The fourth-order valence-electron chi connectivity index (χ4n) is 2.34. The van der Waals surface area contributed by atoms with Gasteiger partial charge < -0.3 is 0 Å². The SMILES string of the molecule is Cc1cccc(C(=O)c2ccccc2)c1CC(C)C. The van der Waals surface area contributed by atoms with Crippen molar-refractivity contribution in [1.82, 2.24) is 0 Å². The molecule has 0 heterocycles. The van der Waals surface area contributed by atoms with Crippen molar-refractivity contribution in [3.8, 4) is 0 Å². The first-order valence-corrected chi connectivity index (χ1v) is 6.78. The molecule has 1 nitrogen and oxygen atoms in total. The van der Waals surface area contributed by atoms with E-state index in [-0.39, 0.29) is 5.78 Å². The third-order valence-electron chi connectivity index (χ3n) is 3.30. The van der Waals surface area contributed by atoms with Crippen LogP contribution in [0.25, 0.3) is 0 Å². The Morgan fingerprint density at radius 2 is 1.68 bits per heavy atom. The molecule has 0 saturated heterocycles. The summed E-state index contributed by atoms with van der Waals surface area (Å²) in [4.78, 5) is 12.6. The van der Waals surface area contributed by atoms with Crippen molar-refractivity contribution in [1.29, 1.82) is 0 Å². The van der Waals surface area contributed by atoms with Crippen LogP contribution in [0.1, 0.15) is 40.9 Å². The number of ketones is 1. The van der Waals surface area contributed by atoms with Crippen LogP contribution in [0.5, 0.6) is 0 Å². The molecule has 0 aliphatic carbocycles. The van der Waals surface area contributed by atoms with Crippen LogP contribution >= 0.6 is 0 Å². The Morgan fingerprint density at radius 3 is 2.32 bits per heavy atom. The zero-order chi connectivity index (χ0) is 13.8. The normalized spacial score (nSPS) is 10.7. The van der Waals surface area contributed by atoms with E-state index in [1.54, 1.807) is 0 Å². The molecule has 0 radical (unpaired) electrons. The summed E-state index contributed by atoms with van der Waals surface area (Å²) in [5.74, 6) is 0.670. The number of carbonyl (C=O) groups is 1. The highest BCUT2D eigenvalue weighted by Gasteiger charge is 2.15. The van der Waals surface area contributed by atoms with Crippen LogP contribution in [-0.4, -0.2) is 5.78 Å². The summed E-state index contributed by atoms with van der Waals surface area (Å²) in [6.45, 7) is 6.45. The maximum Gasteiger partial charge on any atom is 0.193 e. The monoisotopic (exact) mass is 252 g/mol. The number of aryl methyl sites for hydroxylation is 1. The van der Waals surface area contributed by atoms with E-state index >= 15 is 0 Å². The second kappa shape index (κ2) is 5.83. The summed E-state index contributed by atoms with van der Waals surface area (Å²) in [6, 6.07) is 15.5. The molecular weight excluding hydrogens is 232 g/mol. The van der Waals surface area contributed by atoms with Crippen molar-refractivity contribution in [3.63, 3.8) is 0 Å². The van der Waals surface area contributed by atoms with Crippen LogP contribution in [0.4, 0.5) is 0 Å². The third-order valence-corrected chi connectivity index (χ3v) is 3.30. The summed E-state index contributed by atoms with van der Waals surface area (Å²) in [6.07, 6.45) is 0.945. The van der Waals surface area contributed by atoms with Gasteiger partial charge in [0.2, 0.25) is 0 Å². The molecule has 0 amide bonds. The van der Waals surface area contributed by atoms with Crippen molar-refractivity contribution in [2.45, 2.75) is 27.2 Å². The number of rotatable bonds is 4. The summed E-state index contributed by atoms with van der Waals surface area (Å²) < 4.78 is 0. The van der Waals surface area contributed by atoms with E-state index in [4.69, 9.17) is 0 Å². The predicted molar refractivity (Wildman–Crippen MR) is 79.6 cm³/mol. The number of hydrogen-bond donors (Lipinski definition) is 0. The minimum Gasteiger partial charge on any atom is -0.289 e. The van der Waals surface area contributed by atoms with Gasteiger partial charge in [-0.05, 0) is 30.4 Å². The maximum absolute atomic E-state index is 12.6. The molecule has 0 atom stereocenters. The van der Waals surface area contributed by atoms with E-state index in [1.165, 1.54) is 11.1 Å². The second-order valence-corrected chi connectivity index (χ2v) is 5.39. The van der Waals surface area contributed by atoms with E-state index in [1.807, 2.05) is 42.5 Å². The molecule has 0 saturated carbocycles. The van der Waals surface area contributed by atoms with Gasteiger partial charge in [0, 0.05) is 11.1 Å². The van der Waals surface area contributed by atoms with E-state index in [0.717, 1.165) is 17.5 Å². The largest absolute Gasteiger partial charge is 0.289 e. The average Bonchev–Trinajstić information content (AvgIpc) is 2.41. The van der Waals surface area contributed by atoms with Crippen molar-refractivity contribution < 1.29 is 4.79 Å². The highest BCUT2D eigenvalue weighted by atomic mass is 16.1. The second-order valence-electron chi connectivity index (χ2n) is 5.39. The third kappa shape index (κ3) is 3.11. The summed E-state index contributed by atoms with van der Waals surface area (Å²) in [5, 5.41) is 0. The molecule has 0 bridgehead atoms. The molecule has 0 aromatic heterocycles. The Kier molecular flexibility index (Phi) is 4.16. The van der Waals surface area contributed by atoms with Crippen molar-refractivity contribution >= 4 is 5.78 Å². The molecule has 2 aromatic carbocycles. The summed E-state index contributed by atoms with van der Waals surface area (Å²) >= 11 is 0. The Bertz CT molecular complexity index is 567. The van der Waals surface area contributed by atoms with E-state index in [9.17, 15) is 4.79 Å². The van der Waals surface area contributed by atoms with Gasteiger partial charge in [-0.15, -0.1) is 0 Å². The molecule has 98 valence electrons. The molecule has 2 aromatic rings. The van der Waals surface area contributed by atoms with E-state index < -0.39 is 0 Å². The van der Waals surface area contributed by atoms with Gasteiger partial charge in [-0.25, -0.2) is 0 Å². The zero-order valence-electron chi connectivity index (χ0n) is 11.8. The minimum atomic E-state index is 0.125. The van der Waals surface area contributed by atoms with Crippen LogP contribution in [0.3, 0.4) is 0 Å². The first-order valence-electron chi connectivity index (χ1n) is 6.78. The molecule has 0 unspecified atom stereocenters. The topological polar surface area (TPSA) is 17.1 Å². The van der Waals surface area contributed by atoms with Gasteiger partial charge in [-0.1, -0.05) is 62.4 Å². The molecule has 2 rings (SSSR count). The van der Waals surface area contributed by atoms with Gasteiger partial charge in [-0.3, -0.25) is 4.79 Å². The van der Waals surface area contributed by atoms with Crippen LogP contribution in [-0.2, 0) is 6.42 Å². The van der Waals surface area contributed by atoms with Crippen LogP contribution < -0.4 is 0 Å². The lowest BCUT2D eigenvalue weighted by atomic mass is 9.90. The van der Waals surface area contributed by atoms with Crippen LogP contribution in [0.2, 0.25) is 0 Å². The number of hydrogen-bond acceptors (Lipinski definition) is 1. The average molecular weight is 252 g/mol. The Balaban J connectivity index is 2.45. The summed E-state index contributed by atoms with van der Waals surface area (Å²) in [7, 11) is 0. The molecule has 0 spiro atoms. The molecule has 0 aliphatic rings. The van der Waals surface area contributed by atoms with Gasteiger partial charge in [-0.2, -0.15) is 0 Å². The molecule has 19 heavy (non-hydrogen) atoms. The van der Waals surface area contributed by atoms with Gasteiger partial charge >= 0.3 is 0 Å². The van der Waals surface area contributed by atoms with Gasteiger partial charge in [0.25, 0.3) is 0 Å². The Morgan fingerprint density at radius 1 is 1.00 bits per heavy atom. The maximum atomic E-state index is 12.6. The van der Waals surface area contributed by atoms with Gasteiger partial charge in [0.1, 0.15) is 0 Å². The van der Waals surface area contributed by atoms with Crippen molar-refractivity contribution in [2.75, 3.05) is 0 Å². The molecule has 0 aliphatic heterocycles. The fraction of sp³-hybridized carbons (Fsp3) is 0.278. The Hall–Kier alpha value is -1.89. The number of carbonyl (C=O) groups excluding carboxylic acids is 1. The first-order chi connectivity index (χ1) is 9.09. The molecule has 1 heteroatoms.